The van der Waals surface area contributed by atoms with Crippen molar-refractivity contribution in [3.63, 3.8) is 0 Å². The highest BCUT2D eigenvalue weighted by Crippen LogP contribution is 1.92. The highest BCUT2D eigenvalue weighted by Gasteiger charge is 1.97. The van der Waals surface area contributed by atoms with Crippen LogP contribution in [0.1, 0.15) is 0 Å². The minimum atomic E-state index is -1.89. The Kier molecular flexibility index (Phi) is 5.06. The van der Waals surface area contributed by atoms with E-state index in [1.165, 1.54) is 0 Å². The van der Waals surface area contributed by atoms with Crippen LogP contribution in [-0.2, 0) is 9.70 Å². The highest BCUT2D eigenvalue weighted by atomic mass is 32.3. The molecule has 0 saturated heterocycles. The van der Waals surface area contributed by atoms with Crippen LogP contribution in [0.5, 0.6) is 0 Å². The fourth-order valence-corrected chi connectivity index (χ4v) is 3.15. The molecular weight excluding hydrogens is 164 g/mol. The van der Waals surface area contributed by atoms with Gasteiger partial charge in [0.1, 0.15) is 0 Å². The van der Waals surface area contributed by atoms with Gasteiger partial charge in [-0.3, -0.25) is 0 Å². The van der Waals surface area contributed by atoms with Crippen molar-refractivity contribution < 1.29 is 8.42 Å². The van der Waals surface area contributed by atoms with Gasteiger partial charge >= 0.3 is 0 Å². The summed E-state index contributed by atoms with van der Waals surface area (Å²) < 4.78 is 20.9. The first-order valence-corrected chi connectivity index (χ1v) is 6.59. The Morgan fingerprint density at radius 2 is 1.60 bits per heavy atom. The Balaban J connectivity index is 4.42. The molecule has 0 N–H and O–H groups in total. The van der Waals surface area contributed by atoms with Crippen LogP contribution in [0.4, 0.5) is 0 Å². The summed E-state index contributed by atoms with van der Waals surface area (Å²) in [4.78, 5) is 0. The highest BCUT2D eigenvalue weighted by molar-refractivity contribution is 7.81. The Morgan fingerprint density at radius 3 is 1.80 bits per heavy atom. The van der Waals surface area contributed by atoms with Crippen LogP contribution in [0.3, 0.4) is 0 Å². The summed E-state index contributed by atoms with van der Waals surface area (Å²) in [6, 6.07) is 1.21. The average molecular weight is 174 g/mol. The molecule has 0 heterocycles. The second-order valence-electron chi connectivity index (χ2n) is 1.76. The largest absolute Gasteiger partial charge is 0.194 e. The molecule has 0 fully saturated rings. The van der Waals surface area contributed by atoms with Gasteiger partial charge in [0.25, 0.3) is 0 Å². The zero-order valence-corrected chi connectivity index (χ0v) is 7.52. The van der Waals surface area contributed by atoms with Crippen LogP contribution >= 0.6 is 0 Å². The van der Waals surface area contributed by atoms with Gasteiger partial charge in [-0.1, -0.05) is 12.2 Å². The summed E-state index contributed by atoms with van der Waals surface area (Å²) >= 11 is 0. The maximum atomic E-state index is 10.4. The van der Waals surface area contributed by atoms with Crippen LogP contribution in [0.15, 0.2) is 25.3 Å². The van der Waals surface area contributed by atoms with E-state index in [0.29, 0.717) is 12.1 Å². The lowest BCUT2D eigenvalue weighted by molar-refractivity contribution is 0.627. The minimum absolute atomic E-state index is 0.604. The molecule has 0 aliphatic rings. The molecule has 0 aromatic carbocycles. The van der Waals surface area contributed by atoms with Gasteiger partial charge in [-0.25, -0.2) is 0 Å². The number of rotatable bonds is 4. The molecule has 0 aromatic rings. The van der Waals surface area contributed by atoms with Crippen LogP contribution in [0.25, 0.3) is 0 Å². The van der Waals surface area contributed by atoms with Crippen molar-refractivity contribution in [2.45, 2.75) is 12.1 Å². The quantitative estimate of drug-likeness (QED) is 0.474. The van der Waals surface area contributed by atoms with E-state index in [4.69, 9.17) is 0 Å². The van der Waals surface area contributed by atoms with E-state index in [-0.39, 0.29) is 0 Å². The maximum Gasteiger partial charge on any atom is 0.178 e. The van der Waals surface area contributed by atoms with E-state index in [1.54, 1.807) is 12.2 Å². The summed E-state index contributed by atoms with van der Waals surface area (Å²) in [5, 5.41) is 0. The van der Waals surface area contributed by atoms with E-state index in [2.05, 4.69) is 13.2 Å². The molecule has 0 bridgehead atoms. The third kappa shape index (κ3) is 3.52. The van der Waals surface area contributed by atoms with Crippen LogP contribution < -0.4 is 0 Å². The standard InChI is InChI=1S/C6H10O2SSi/c1-3-5-10(6-4-2)9(7)8/h3-4H,1-2,5-6H2. The van der Waals surface area contributed by atoms with Crippen molar-refractivity contribution in [3.05, 3.63) is 25.3 Å². The summed E-state index contributed by atoms with van der Waals surface area (Å²) in [6.07, 6.45) is 3.29. The van der Waals surface area contributed by atoms with Gasteiger partial charge in [0.2, 0.25) is 0 Å². The van der Waals surface area contributed by atoms with Crippen molar-refractivity contribution in [3.8, 4) is 0 Å². The molecule has 0 aliphatic heterocycles. The topological polar surface area (TPSA) is 34.1 Å². The van der Waals surface area contributed by atoms with Gasteiger partial charge in [-0.05, 0) is 12.1 Å². The molecule has 4 heteroatoms. The first-order valence-electron chi connectivity index (χ1n) is 2.88. The minimum Gasteiger partial charge on any atom is -0.194 e. The first kappa shape index (κ1) is 9.52. The molecule has 0 amide bonds. The lowest BCUT2D eigenvalue weighted by atomic mass is 10.7. The van der Waals surface area contributed by atoms with Crippen molar-refractivity contribution in [1.82, 2.24) is 0 Å². The second kappa shape index (κ2) is 5.31. The van der Waals surface area contributed by atoms with Gasteiger partial charge < -0.3 is 0 Å². The van der Waals surface area contributed by atoms with E-state index < -0.39 is 17.2 Å². The molecule has 10 heavy (non-hydrogen) atoms. The zero-order chi connectivity index (χ0) is 7.98. The number of allylic oxidation sites excluding steroid dienone is 2. The molecule has 0 rings (SSSR count). The van der Waals surface area contributed by atoms with Gasteiger partial charge in [-0.2, -0.15) is 8.42 Å². The van der Waals surface area contributed by atoms with E-state index in [1.807, 2.05) is 0 Å². The molecule has 0 radical (unpaired) electrons. The Labute approximate surface area is 63.6 Å². The average Bonchev–Trinajstić information content (AvgIpc) is 1.87. The zero-order valence-electron chi connectivity index (χ0n) is 5.71. The van der Waals surface area contributed by atoms with Crippen molar-refractivity contribution >= 4 is 17.2 Å². The molecule has 0 aliphatic carbocycles. The predicted molar refractivity (Wildman–Crippen MR) is 44.7 cm³/mol. The second-order valence-corrected chi connectivity index (χ2v) is 6.85. The van der Waals surface area contributed by atoms with Gasteiger partial charge in [-0.15, -0.1) is 13.2 Å². The van der Waals surface area contributed by atoms with Gasteiger partial charge in [0.15, 0.2) is 17.2 Å². The fourth-order valence-electron chi connectivity index (χ4n) is 0.541. The summed E-state index contributed by atoms with van der Waals surface area (Å²) in [7, 11) is -3.18. The number of hydrogen-bond acceptors (Lipinski definition) is 2. The molecule has 0 unspecified atom stereocenters. The van der Waals surface area contributed by atoms with E-state index in [9.17, 15) is 8.42 Å². The Morgan fingerprint density at radius 1 is 1.20 bits per heavy atom. The van der Waals surface area contributed by atoms with Crippen molar-refractivity contribution in [2.24, 2.45) is 0 Å². The van der Waals surface area contributed by atoms with E-state index in [0.717, 1.165) is 0 Å². The molecule has 0 saturated carbocycles. The maximum absolute atomic E-state index is 10.4. The van der Waals surface area contributed by atoms with Crippen LogP contribution in [0, 0.1) is 0 Å². The monoisotopic (exact) mass is 174 g/mol. The third-order valence-electron chi connectivity index (χ3n) is 0.980. The Hall–Kier alpha value is -0.483. The smallest absolute Gasteiger partial charge is 0.178 e. The number of hydrogen-bond donors (Lipinski definition) is 0. The molecule has 56 valence electrons. The molecule has 0 atom stereocenters. The first-order chi connectivity index (χ1) is 4.72. The normalized spacial score (nSPS) is 8.40. The van der Waals surface area contributed by atoms with Gasteiger partial charge in [0.05, 0.1) is 0 Å². The van der Waals surface area contributed by atoms with Crippen molar-refractivity contribution in [1.29, 1.82) is 0 Å². The van der Waals surface area contributed by atoms with Crippen LogP contribution in [0.2, 0.25) is 12.1 Å². The summed E-state index contributed by atoms with van der Waals surface area (Å²) in [6.45, 7) is 6.97. The lowest BCUT2D eigenvalue weighted by Gasteiger charge is -1.86. The molecule has 0 spiro atoms. The van der Waals surface area contributed by atoms with E-state index >= 15 is 0 Å². The molecule has 2 nitrogen and oxygen atoms in total. The third-order valence-corrected chi connectivity index (χ3v) is 5.35. The Bertz CT molecular complexity index is 231. The molecule has 0 aromatic heterocycles. The van der Waals surface area contributed by atoms with Crippen LogP contribution in [-0.4, -0.2) is 15.9 Å². The lowest BCUT2D eigenvalue weighted by Crippen LogP contribution is -1.96. The van der Waals surface area contributed by atoms with Crippen molar-refractivity contribution in [2.75, 3.05) is 0 Å². The predicted octanol–water partition coefficient (Wildman–Crippen LogP) is 1.23. The fraction of sp³-hybridized carbons (Fsp3) is 0.333. The molecular formula is C6H10O2SSi. The SMILES string of the molecule is C=CC[Si](CC=C)=S(=O)=O. The van der Waals surface area contributed by atoms with Gasteiger partial charge in [0, 0.05) is 0 Å². The summed E-state index contributed by atoms with van der Waals surface area (Å²) in [5.74, 6) is 0. The summed E-state index contributed by atoms with van der Waals surface area (Å²) in [5.41, 5.74) is 0.